The van der Waals surface area contributed by atoms with Gasteiger partial charge in [-0.15, -0.1) is 0 Å². The fourth-order valence-electron chi connectivity index (χ4n) is 1.79. The largest absolute Gasteiger partial charge is 0.382 e. The Kier molecular flexibility index (Phi) is 3.19. The van der Waals surface area contributed by atoms with Gasteiger partial charge in [0.05, 0.1) is 12.4 Å². The second-order valence-corrected chi connectivity index (χ2v) is 5.25. The summed E-state index contributed by atoms with van der Waals surface area (Å²) in [5, 5.41) is 3.28. The van der Waals surface area contributed by atoms with Gasteiger partial charge in [0.25, 0.3) is 0 Å². The van der Waals surface area contributed by atoms with Crippen LogP contribution in [0.3, 0.4) is 0 Å². The maximum Gasteiger partial charge on any atom is 0.149 e. The minimum Gasteiger partial charge on any atom is -0.382 e. The normalized spacial score (nSPS) is 11.3. The molecule has 3 N–H and O–H groups in total. The highest BCUT2D eigenvalue weighted by atomic mass is 15.0. The van der Waals surface area contributed by atoms with Gasteiger partial charge < -0.3 is 11.1 Å². The summed E-state index contributed by atoms with van der Waals surface area (Å²) in [4.78, 5) is 8.22. The zero-order chi connectivity index (χ0) is 13.2. The van der Waals surface area contributed by atoms with Crippen molar-refractivity contribution in [2.75, 3.05) is 11.1 Å². The van der Waals surface area contributed by atoms with E-state index in [9.17, 15) is 0 Å². The van der Waals surface area contributed by atoms with Crippen LogP contribution >= 0.6 is 0 Å². The topological polar surface area (TPSA) is 63.8 Å². The summed E-state index contributed by atoms with van der Waals surface area (Å²) in [6.07, 6.45) is 3.18. The molecule has 94 valence electrons. The van der Waals surface area contributed by atoms with Gasteiger partial charge in [-0.3, -0.25) is 0 Å². The average molecular weight is 242 g/mol. The van der Waals surface area contributed by atoms with Crippen molar-refractivity contribution in [1.29, 1.82) is 0 Å². The van der Waals surface area contributed by atoms with Gasteiger partial charge in [0.15, 0.2) is 0 Å². The number of benzene rings is 1. The van der Waals surface area contributed by atoms with Crippen LogP contribution in [-0.2, 0) is 5.41 Å². The average Bonchev–Trinajstić information content (AvgIpc) is 2.31. The van der Waals surface area contributed by atoms with Gasteiger partial charge in [0.2, 0.25) is 0 Å². The van der Waals surface area contributed by atoms with Crippen molar-refractivity contribution in [2.24, 2.45) is 0 Å². The molecule has 0 unspecified atom stereocenters. The summed E-state index contributed by atoms with van der Waals surface area (Å²) < 4.78 is 0. The van der Waals surface area contributed by atoms with Crippen LogP contribution in [0.25, 0.3) is 0 Å². The van der Waals surface area contributed by atoms with Gasteiger partial charge in [0.1, 0.15) is 11.6 Å². The summed E-state index contributed by atoms with van der Waals surface area (Å²) in [5.74, 6) is 1.12. The lowest BCUT2D eigenvalue weighted by atomic mass is 9.86. The second kappa shape index (κ2) is 4.64. The fraction of sp³-hybridized carbons (Fsp3) is 0.286. The molecule has 4 heteroatoms. The molecule has 0 saturated carbocycles. The Labute approximate surface area is 107 Å². The summed E-state index contributed by atoms with van der Waals surface area (Å²) in [7, 11) is 0. The Bertz CT molecular complexity index is 526. The Morgan fingerprint density at radius 1 is 1.06 bits per heavy atom. The second-order valence-electron chi connectivity index (χ2n) is 5.25. The minimum absolute atomic E-state index is 0.0742. The molecule has 0 fully saturated rings. The molecule has 0 spiro atoms. The van der Waals surface area contributed by atoms with Gasteiger partial charge >= 0.3 is 0 Å². The number of hydrogen-bond acceptors (Lipinski definition) is 4. The number of rotatable bonds is 2. The van der Waals surface area contributed by atoms with E-state index in [0.29, 0.717) is 11.6 Å². The molecule has 0 aliphatic carbocycles. The zero-order valence-electron chi connectivity index (χ0n) is 10.9. The van der Waals surface area contributed by atoms with Gasteiger partial charge in [-0.2, -0.15) is 0 Å². The molecule has 18 heavy (non-hydrogen) atoms. The van der Waals surface area contributed by atoms with E-state index in [1.165, 1.54) is 5.56 Å². The molecular formula is C14H18N4. The van der Waals surface area contributed by atoms with Crippen molar-refractivity contribution in [3.05, 3.63) is 42.2 Å². The van der Waals surface area contributed by atoms with Crippen LogP contribution in [0.5, 0.6) is 0 Å². The first kappa shape index (κ1) is 12.4. The van der Waals surface area contributed by atoms with Crippen LogP contribution in [-0.4, -0.2) is 9.97 Å². The van der Waals surface area contributed by atoms with Crippen LogP contribution in [0.15, 0.2) is 36.7 Å². The molecule has 0 radical (unpaired) electrons. The molecule has 2 aromatic rings. The van der Waals surface area contributed by atoms with Crippen molar-refractivity contribution >= 4 is 17.3 Å². The van der Waals surface area contributed by atoms with Crippen molar-refractivity contribution in [2.45, 2.75) is 26.2 Å². The van der Waals surface area contributed by atoms with Crippen LogP contribution < -0.4 is 11.1 Å². The molecular weight excluding hydrogens is 224 g/mol. The molecule has 0 amide bonds. The van der Waals surface area contributed by atoms with Crippen molar-refractivity contribution < 1.29 is 0 Å². The summed E-state index contributed by atoms with van der Waals surface area (Å²) >= 11 is 0. The quantitative estimate of drug-likeness (QED) is 0.849. The molecule has 0 bridgehead atoms. The number of nitrogen functional groups attached to an aromatic ring is 1. The molecule has 1 heterocycles. The Balaban J connectivity index is 2.32. The Hall–Kier alpha value is -2.10. The molecule has 2 rings (SSSR count). The van der Waals surface area contributed by atoms with E-state index in [-0.39, 0.29) is 5.41 Å². The van der Waals surface area contributed by atoms with Gasteiger partial charge in [-0.1, -0.05) is 39.0 Å². The maximum absolute atomic E-state index is 5.52. The van der Waals surface area contributed by atoms with Crippen molar-refractivity contribution in [3.8, 4) is 0 Å². The third-order valence-electron chi connectivity index (χ3n) is 2.67. The number of aromatic nitrogens is 2. The molecule has 0 saturated heterocycles. The van der Waals surface area contributed by atoms with E-state index in [4.69, 9.17) is 5.73 Å². The van der Waals surface area contributed by atoms with Gasteiger partial charge in [0, 0.05) is 5.69 Å². The minimum atomic E-state index is 0.0742. The molecule has 1 aromatic heterocycles. The number of nitrogens with zero attached hydrogens (tertiary/aromatic N) is 2. The number of nitrogens with two attached hydrogens (primary N) is 1. The van der Waals surface area contributed by atoms with Crippen molar-refractivity contribution in [1.82, 2.24) is 9.97 Å². The van der Waals surface area contributed by atoms with Gasteiger partial charge in [-0.05, 0) is 17.0 Å². The fourth-order valence-corrected chi connectivity index (χ4v) is 1.79. The lowest BCUT2D eigenvalue weighted by Gasteiger charge is -2.23. The lowest BCUT2D eigenvalue weighted by Crippen LogP contribution is -2.13. The third kappa shape index (κ3) is 2.77. The highest BCUT2D eigenvalue weighted by molar-refractivity contribution is 5.62. The molecule has 1 aromatic carbocycles. The van der Waals surface area contributed by atoms with E-state index in [1.807, 2.05) is 18.2 Å². The smallest absolute Gasteiger partial charge is 0.149 e. The first-order chi connectivity index (χ1) is 8.47. The standard InChI is InChI=1S/C14H18N4/c1-14(2,3)10-6-4-5-7-11(10)18-13-9-16-12(15)8-17-13/h4-9H,1-3H3,(H2,15,16)(H,17,18). The molecule has 0 atom stereocenters. The van der Waals surface area contributed by atoms with E-state index < -0.39 is 0 Å². The monoisotopic (exact) mass is 242 g/mol. The highest BCUT2D eigenvalue weighted by Gasteiger charge is 2.17. The van der Waals surface area contributed by atoms with Crippen LogP contribution in [0, 0.1) is 0 Å². The molecule has 0 aliphatic rings. The number of para-hydroxylation sites is 1. The van der Waals surface area contributed by atoms with E-state index in [1.54, 1.807) is 12.4 Å². The van der Waals surface area contributed by atoms with Crippen molar-refractivity contribution in [3.63, 3.8) is 0 Å². The zero-order valence-corrected chi connectivity index (χ0v) is 10.9. The summed E-state index contributed by atoms with van der Waals surface area (Å²) in [5.41, 5.74) is 7.88. The SMILES string of the molecule is CC(C)(C)c1ccccc1Nc1cnc(N)cn1. The third-order valence-corrected chi connectivity index (χ3v) is 2.67. The summed E-state index contributed by atoms with van der Waals surface area (Å²) in [6, 6.07) is 8.20. The lowest BCUT2D eigenvalue weighted by molar-refractivity contribution is 0.592. The molecule has 4 nitrogen and oxygen atoms in total. The first-order valence-electron chi connectivity index (χ1n) is 5.91. The van der Waals surface area contributed by atoms with Crippen LogP contribution in [0.1, 0.15) is 26.3 Å². The number of anilines is 3. The van der Waals surface area contributed by atoms with E-state index in [0.717, 1.165) is 5.69 Å². The Morgan fingerprint density at radius 2 is 1.78 bits per heavy atom. The van der Waals surface area contributed by atoms with Gasteiger partial charge in [-0.25, -0.2) is 9.97 Å². The number of nitrogens with one attached hydrogen (secondary N) is 1. The van der Waals surface area contributed by atoms with Crippen LogP contribution in [0.2, 0.25) is 0 Å². The molecule has 0 aliphatic heterocycles. The maximum atomic E-state index is 5.52. The summed E-state index contributed by atoms with van der Waals surface area (Å²) in [6.45, 7) is 6.55. The predicted octanol–water partition coefficient (Wildman–Crippen LogP) is 3.10. The van der Waals surface area contributed by atoms with Crippen LogP contribution in [0.4, 0.5) is 17.3 Å². The first-order valence-corrected chi connectivity index (χ1v) is 5.91. The number of hydrogen-bond donors (Lipinski definition) is 2. The highest BCUT2D eigenvalue weighted by Crippen LogP contribution is 2.30. The van der Waals surface area contributed by atoms with E-state index in [2.05, 4.69) is 42.1 Å². The van der Waals surface area contributed by atoms with E-state index >= 15 is 0 Å². The predicted molar refractivity (Wildman–Crippen MR) is 74.9 cm³/mol. The Morgan fingerprint density at radius 3 is 2.39 bits per heavy atom.